The summed E-state index contributed by atoms with van der Waals surface area (Å²) in [6, 6.07) is 7.35. The molecule has 0 heterocycles. The molecule has 0 amide bonds. The minimum atomic E-state index is -1.27. The molecule has 0 spiro atoms. The van der Waals surface area contributed by atoms with Crippen LogP contribution in [0.2, 0.25) is 9.26 Å². The van der Waals surface area contributed by atoms with Gasteiger partial charge < -0.3 is 0 Å². The molecule has 0 radical (unpaired) electrons. The quantitative estimate of drug-likeness (QED) is 0.387. The fraction of sp³-hybridized carbons (Fsp3) is 0.700. The molecule has 0 saturated heterocycles. The van der Waals surface area contributed by atoms with Crippen molar-refractivity contribution in [3.05, 3.63) is 29.3 Å². The summed E-state index contributed by atoms with van der Waals surface area (Å²) in [5, 5.41) is 0. The maximum atomic E-state index is 2.56. The summed E-state index contributed by atoms with van der Waals surface area (Å²) in [4.78, 5) is 1.77. The average Bonchev–Trinajstić information content (AvgIpc) is 2.56. The zero-order valence-corrected chi connectivity index (χ0v) is 18.6. The SMILES string of the molecule is [CH3][Bi]([CH3])[S]c1c(C2CCCCC2)cccc1C1CCCCC1. The van der Waals surface area contributed by atoms with Crippen LogP contribution >= 0.6 is 8.52 Å². The standard InChI is InChI=1S/C18H26S.2CH3.Bi/c19-18-16(14-8-3-1-4-9-14)12-7-13-17(18)15-10-5-2-6-11-15;;;/h7,12-15,19H,1-6,8-11H2;2*1H3;/q;;;+1/p-1. The van der Waals surface area contributed by atoms with Crippen LogP contribution in [-0.4, -0.2) is 20.3 Å². The van der Waals surface area contributed by atoms with E-state index in [2.05, 4.69) is 36.0 Å². The summed E-state index contributed by atoms with van der Waals surface area (Å²) in [5.74, 6) is 1.73. The molecule has 0 N–H and O–H groups in total. The molecular weight excluding hydrogens is 481 g/mol. The van der Waals surface area contributed by atoms with Gasteiger partial charge in [0.05, 0.1) is 0 Å². The Kier molecular flexibility index (Phi) is 6.69. The first-order chi connectivity index (χ1) is 10.8. The van der Waals surface area contributed by atoms with Gasteiger partial charge in [-0.15, -0.1) is 0 Å². The number of rotatable bonds is 4. The van der Waals surface area contributed by atoms with Gasteiger partial charge >= 0.3 is 148 Å². The molecular formula is C20H31BiS. The normalized spacial score (nSPS) is 21.4. The Hall–Kier alpha value is 0.453. The third-order valence-corrected chi connectivity index (χ3v) is 12.8. The summed E-state index contributed by atoms with van der Waals surface area (Å²) < 4.78 is 5.12. The molecule has 0 aromatic heterocycles. The molecule has 2 fully saturated rings. The van der Waals surface area contributed by atoms with Crippen molar-refractivity contribution < 1.29 is 0 Å². The van der Waals surface area contributed by atoms with Crippen molar-refractivity contribution in [2.75, 3.05) is 0 Å². The molecule has 0 atom stereocenters. The Balaban J connectivity index is 1.93. The van der Waals surface area contributed by atoms with E-state index in [1.165, 1.54) is 64.2 Å². The number of hydrogen-bond acceptors (Lipinski definition) is 1. The zero-order valence-electron chi connectivity index (χ0n) is 14.3. The predicted molar refractivity (Wildman–Crippen MR) is 101 cm³/mol. The van der Waals surface area contributed by atoms with Crippen LogP contribution in [0.4, 0.5) is 0 Å². The van der Waals surface area contributed by atoms with Crippen LogP contribution in [0, 0.1) is 0 Å². The van der Waals surface area contributed by atoms with E-state index in [-0.39, 0.29) is 0 Å². The molecule has 0 bridgehead atoms. The molecule has 2 saturated carbocycles. The summed E-state index contributed by atoms with van der Waals surface area (Å²) in [5.41, 5.74) is 3.49. The Labute approximate surface area is 147 Å². The summed E-state index contributed by atoms with van der Waals surface area (Å²) in [6.07, 6.45) is 14.5. The van der Waals surface area contributed by atoms with Gasteiger partial charge in [-0.1, -0.05) is 0 Å². The topological polar surface area (TPSA) is 0 Å². The molecule has 0 nitrogen and oxygen atoms in total. The summed E-state index contributed by atoms with van der Waals surface area (Å²) >= 11 is -1.27. The zero-order chi connectivity index (χ0) is 15.4. The Morgan fingerprint density at radius 3 is 1.64 bits per heavy atom. The van der Waals surface area contributed by atoms with Crippen molar-refractivity contribution in [3.63, 3.8) is 0 Å². The molecule has 2 heteroatoms. The van der Waals surface area contributed by atoms with Gasteiger partial charge in [-0.3, -0.25) is 0 Å². The van der Waals surface area contributed by atoms with Gasteiger partial charge in [-0.25, -0.2) is 0 Å². The first-order valence-electron chi connectivity index (χ1n) is 9.24. The molecule has 3 rings (SSSR count). The van der Waals surface area contributed by atoms with Crippen molar-refractivity contribution in [3.8, 4) is 0 Å². The van der Waals surface area contributed by atoms with E-state index in [1.807, 2.05) is 0 Å². The van der Waals surface area contributed by atoms with E-state index in [0.717, 1.165) is 11.8 Å². The molecule has 2 aliphatic carbocycles. The second kappa shape index (κ2) is 8.52. The van der Waals surface area contributed by atoms with E-state index < -0.39 is 20.3 Å². The first kappa shape index (κ1) is 17.3. The Bertz CT molecular complexity index is 434. The summed E-state index contributed by atoms with van der Waals surface area (Å²) in [7, 11) is 2.34. The third-order valence-electron chi connectivity index (χ3n) is 5.44. The van der Waals surface area contributed by atoms with Crippen LogP contribution in [0.15, 0.2) is 23.1 Å². The second-order valence-corrected chi connectivity index (χ2v) is 22.8. The molecule has 0 unspecified atom stereocenters. The van der Waals surface area contributed by atoms with Gasteiger partial charge in [-0.2, -0.15) is 0 Å². The van der Waals surface area contributed by atoms with Crippen LogP contribution in [0.25, 0.3) is 0 Å². The van der Waals surface area contributed by atoms with E-state index in [1.54, 1.807) is 16.0 Å². The fourth-order valence-corrected chi connectivity index (χ4v) is 12.1. The molecule has 0 aliphatic heterocycles. The van der Waals surface area contributed by atoms with Crippen molar-refractivity contribution in [1.82, 2.24) is 0 Å². The number of hydrogen-bond donors (Lipinski definition) is 0. The summed E-state index contributed by atoms with van der Waals surface area (Å²) in [6.45, 7) is 0. The molecule has 1 aromatic rings. The van der Waals surface area contributed by atoms with Gasteiger partial charge in [0.1, 0.15) is 0 Å². The van der Waals surface area contributed by atoms with Crippen molar-refractivity contribution in [2.45, 2.75) is 90.2 Å². The van der Waals surface area contributed by atoms with Crippen LogP contribution in [0.1, 0.15) is 87.2 Å². The van der Waals surface area contributed by atoms with E-state index in [9.17, 15) is 0 Å². The Morgan fingerprint density at radius 1 is 0.773 bits per heavy atom. The van der Waals surface area contributed by atoms with Crippen LogP contribution in [0.5, 0.6) is 0 Å². The monoisotopic (exact) mass is 512 g/mol. The molecule has 1 aromatic carbocycles. The average molecular weight is 513 g/mol. The second-order valence-electron chi connectivity index (χ2n) is 7.34. The maximum absolute atomic E-state index is 2.56. The van der Waals surface area contributed by atoms with Crippen LogP contribution < -0.4 is 0 Å². The van der Waals surface area contributed by atoms with Gasteiger partial charge in [0.25, 0.3) is 0 Å². The van der Waals surface area contributed by atoms with E-state index in [4.69, 9.17) is 0 Å². The Morgan fingerprint density at radius 2 is 1.23 bits per heavy atom. The van der Waals surface area contributed by atoms with E-state index >= 15 is 0 Å². The van der Waals surface area contributed by atoms with Crippen molar-refractivity contribution in [1.29, 1.82) is 0 Å². The molecule has 122 valence electrons. The predicted octanol–water partition coefficient (Wildman–Crippen LogP) is 7.13. The van der Waals surface area contributed by atoms with Gasteiger partial charge in [-0.05, 0) is 0 Å². The third kappa shape index (κ3) is 4.29. The number of benzene rings is 1. The fourth-order valence-electron chi connectivity index (χ4n) is 4.33. The van der Waals surface area contributed by atoms with E-state index in [0.29, 0.717) is 0 Å². The first-order valence-corrected chi connectivity index (χ1v) is 21.2. The minimum absolute atomic E-state index is 0.865. The van der Waals surface area contributed by atoms with Crippen LogP contribution in [-0.2, 0) is 0 Å². The van der Waals surface area contributed by atoms with Gasteiger partial charge in [0.15, 0.2) is 0 Å². The molecule has 2 aliphatic rings. The molecule has 22 heavy (non-hydrogen) atoms. The van der Waals surface area contributed by atoms with Crippen molar-refractivity contribution >= 4 is 28.8 Å². The van der Waals surface area contributed by atoms with Gasteiger partial charge in [0.2, 0.25) is 0 Å². The van der Waals surface area contributed by atoms with Gasteiger partial charge in [0, 0.05) is 0 Å². The van der Waals surface area contributed by atoms with Crippen molar-refractivity contribution in [2.24, 2.45) is 0 Å². The van der Waals surface area contributed by atoms with Crippen LogP contribution in [0.3, 0.4) is 0 Å².